The average Bonchev–Trinajstić information content (AvgIpc) is 2.46. The molecule has 0 aromatic heterocycles. The predicted molar refractivity (Wildman–Crippen MR) is 82.4 cm³/mol. The van der Waals surface area contributed by atoms with Crippen molar-refractivity contribution in [3.63, 3.8) is 0 Å². The lowest BCUT2D eigenvalue weighted by atomic mass is 9.95. The summed E-state index contributed by atoms with van der Waals surface area (Å²) in [4.78, 5) is 4.04. The van der Waals surface area contributed by atoms with Gasteiger partial charge in [-0.05, 0) is 36.9 Å². The monoisotopic (exact) mass is 257 g/mol. The fourth-order valence-electron chi connectivity index (χ4n) is 2.61. The van der Waals surface area contributed by atoms with Gasteiger partial charge in [0.25, 0.3) is 0 Å². The molecule has 1 aromatic carbocycles. The molecule has 0 unspecified atom stereocenters. The van der Waals surface area contributed by atoms with Crippen LogP contribution in [0.4, 0.5) is 0 Å². The largest absolute Gasteiger partial charge is 0.404 e. The third-order valence-electron chi connectivity index (χ3n) is 3.60. The van der Waals surface area contributed by atoms with Crippen LogP contribution in [-0.2, 0) is 6.42 Å². The maximum atomic E-state index is 5.66. The van der Waals surface area contributed by atoms with Crippen molar-refractivity contribution in [2.45, 2.75) is 31.7 Å². The maximum Gasteiger partial charge on any atom is 0.0301 e. The maximum absolute atomic E-state index is 5.66. The van der Waals surface area contributed by atoms with Gasteiger partial charge in [0.05, 0.1) is 0 Å². The molecule has 0 spiro atoms. The van der Waals surface area contributed by atoms with Crippen LogP contribution in [0, 0.1) is 0 Å². The van der Waals surface area contributed by atoms with E-state index < -0.39 is 0 Å². The zero-order chi connectivity index (χ0) is 13.5. The van der Waals surface area contributed by atoms with E-state index in [2.05, 4.69) is 34.6 Å². The molecular weight excluding hydrogens is 234 g/mol. The molecule has 0 amide bonds. The van der Waals surface area contributed by atoms with E-state index in [1.165, 1.54) is 24.8 Å². The summed E-state index contributed by atoms with van der Waals surface area (Å²) in [7, 11) is 1.76. The summed E-state index contributed by atoms with van der Waals surface area (Å²) in [6, 6.07) is 9.21. The highest BCUT2D eigenvalue weighted by molar-refractivity contribution is 6.09. The van der Waals surface area contributed by atoms with Crippen LogP contribution < -0.4 is 11.1 Å². The van der Waals surface area contributed by atoms with Crippen LogP contribution in [-0.4, -0.2) is 25.8 Å². The lowest BCUT2D eigenvalue weighted by Crippen LogP contribution is -2.35. The molecule has 0 aliphatic carbocycles. The zero-order valence-electron chi connectivity index (χ0n) is 11.6. The van der Waals surface area contributed by atoms with Crippen LogP contribution in [0.3, 0.4) is 0 Å². The molecule has 3 N–H and O–H groups in total. The van der Waals surface area contributed by atoms with Crippen LogP contribution in [0.5, 0.6) is 0 Å². The number of rotatable bonds is 4. The third kappa shape index (κ3) is 3.93. The third-order valence-corrected chi connectivity index (χ3v) is 3.60. The van der Waals surface area contributed by atoms with Gasteiger partial charge in [0, 0.05) is 31.1 Å². The Morgan fingerprint density at radius 2 is 2.37 bits per heavy atom. The smallest absolute Gasteiger partial charge is 0.0301 e. The van der Waals surface area contributed by atoms with Gasteiger partial charge in [0.1, 0.15) is 0 Å². The SMILES string of the molecule is CN=C/C(=C\N)c1cccc(C[C@@H]2CCCCN2)c1. The Bertz CT molecular complexity index is 457. The molecule has 2 rings (SSSR count). The Balaban J connectivity index is 2.10. The highest BCUT2D eigenvalue weighted by Gasteiger charge is 2.13. The molecule has 0 saturated carbocycles. The van der Waals surface area contributed by atoms with E-state index in [1.54, 1.807) is 19.5 Å². The van der Waals surface area contributed by atoms with E-state index in [0.29, 0.717) is 6.04 Å². The molecular formula is C16H23N3. The van der Waals surface area contributed by atoms with Crippen LogP contribution in [0.1, 0.15) is 30.4 Å². The number of aliphatic imine (C=N–C) groups is 1. The summed E-state index contributed by atoms with van der Waals surface area (Å²) < 4.78 is 0. The first-order valence-corrected chi connectivity index (χ1v) is 7.00. The van der Waals surface area contributed by atoms with Gasteiger partial charge in [-0.1, -0.05) is 30.7 Å². The standard InChI is InChI=1S/C16H23N3/c1-18-12-15(11-17)14-6-4-5-13(9-14)10-16-7-2-3-8-19-16/h4-6,9,11-12,16,19H,2-3,7-8,10,17H2,1H3/b15-11+,18-12?/t16-/m0/s1. The highest BCUT2D eigenvalue weighted by Crippen LogP contribution is 2.17. The van der Waals surface area contributed by atoms with Gasteiger partial charge in [-0.15, -0.1) is 0 Å². The first-order valence-electron chi connectivity index (χ1n) is 7.00. The lowest BCUT2D eigenvalue weighted by Gasteiger charge is -2.23. The van der Waals surface area contributed by atoms with Crippen molar-refractivity contribution in [1.29, 1.82) is 0 Å². The number of hydrogen-bond acceptors (Lipinski definition) is 3. The molecule has 1 atom stereocenters. The minimum Gasteiger partial charge on any atom is -0.404 e. The van der Waals surface area contributed by atoms with Gasteiger partial charge in [-0.25, -0.2) is 0 Å². The molecule has 19 heavy (non-hydrogen) atoms. The van der Waals surface area contributed by atoms with Gasteiger partial charge in [0.2, 0.25) is 0 Å². The van der Waals surface area contributed by atoms with Crippen LogP contribution in [0.25, 0.3) is 5.57 Å². The second kappa shape index (κ2) is 7.10. The van der Waals surface area contributed by atoms with Gasteiger partial charge < -0.3 is 11.1 Å². The molecule has 1 fully saturated rings. The Morgan fingerprint density at radius 1 is 1.47 bits per heavy atom. The number of piperidine rings is 1. The Morgan fingerprint density at radius 3 is 3.05 bits per heavy atom. The van der Waals surface area contributed by atoms with E-state index in [-0.39, 0.29) is 0 Å². The fraction of sp³-hybridized carbons (Fsp3) is 0.438. The van der Waals surface area contributed by atoms with Crippen molar-refractivity contribution in [2.75, 3.05) is 13.6 Å². The van der Waals surface area contributed by atoms with E-state index in [0.717, 1.165) is 24.1 Å². The van der Waals surface area contributed by atoms with Gasteiger partial charge in [-0.2, -0.15) is 0 Å². The second-order valence-electron chi connectivity index (χ2n) is 5.06. The van der Waals surface area contributed by atoms with E-state index in [1.807, 2.05) is 0 Å². The van der Waals surface area contributed by atoms with Crippen molar-refractivity contribution in [3.05, 3.63) is 41.6 Å². The molecule has 1 saturated heterocycles. The molecule has 1 aromatic rings. The molecule has 3 nitrogen and oxygen atoms in total. The average molecular weight is 257 g/mol. The summed E-state index contributed by atoms with van der Waals surface area (Å²) >= 11 is 0. The Kier molecular flexibility index (Phi) is 5.16. The van der Waals surface area contributed by atoms with E-state index in [9.17, 15) is 0 Å². The molecule has 1 aliphatic rings. The zero-order valence-corrected chi connectivity index (χ0v) is 11.6. The van der Waals surface area contributed by atoms with Crippen LogP contribution in [0.15, 0.2) is 35.5 Å². The first-order chi connectivity index (χ1) is 9.33. The molecule has 102 valence electrons. The number of hydrogen-bond donors (Lipinski definition) is 2. The number of benzene rings is 1. The van der Waals surface area contributed by atoms with Crippen molar-refractivity contribution in [1.82, 2.24) is 5.32 Å². The quantitative estimate of drug-likeness (QED) is 0.814. The Hall–Kier alpha value is -1.61. The molecule has 3 heteroatoms. The minimum atomic E-state index is 0.620. The second-order valence-corrected chi connectivity index (χ2v) is 5.06. The molecule has 1 heterocycles. The molecule has 0 radical (unpaired) electrons. The number of nitrogens with one attached hydrogen (secondary N) is 1. The summed E-state index contributed by atoms with van der Waals surface area (Å²) in [6.45, 7) is 1.15. The normalized spacial score (nSPS) is 20.9. The van der Waals surface area contributed by atoms with Crippen molar-refractivity contribution in [2.24, 2.45) is 10.7 Å². The Labute approximate surface area is 115 Å². The van der Waals surface area contributed by atoms with Crippen molar-refractivity contribution >= 4 is 11.8 Å². The number of nitrogens with zero attached hydrogens (tertiary/aromatic N) is 1. The fourth-order valence-corrected chi connectivity index (χ4v) is 2.61. The number of allylic oxidation sites excluding steroid dienone is 1. The van der Waals surface area contributed by atoms with Crippen molar-refractivity contribution in [3.8, 4) is 0 Å². The summed E-state index contributed by atoms with van der Waals surface area (Å²) in [5, 5.41) is 3.59. The van der Waals surface area contributed by atoms with E-state index >= 15 is 0 Å². The number of nitrogens with two attached hydrogens (primary N) is 1. The minimum absolute atomic E-state index is 0.620. The summed E-state index contributed by atoms with van der Waals surface area (Å²) in [5.74, 6) is 0. The van der Waals surface area contributed by atoms with Gasteiger partial charge in [0.15, 0.2) is 0 Å². The van der Waals surface area contributed by atoms with Crippen molar-refractivity contribution < 1.29 is 0 Å². The molecule has 0 bridgehead atoms. The predicted octanol–water partition coefficient (Wildman–Crippen LogP) is 2.37. The van der Waals surface area contributed by atoms with Crippen LogP contribution >= 0.6 is 0 Å². The highest BCUT2D eigenvalue weighted by atomic mass is 14.9. The van der Waals surface area contributed by atoms with Gasteiger partial charge >= 0.3 is 0 Å². The molecule has 1 aliphatic heterocycles. The van der Waals surface area contributed by atoms with Crippen LogP contribution in [0.2, 0.25) is 0 Å². The van der Waals surface area contributed by atoms with Gasteiger partial charge in [-0.3, -0.25) is 4.99 Å². The first kappa shape index (κ1) is 13.8. The topological polar surface area (TPSA) is 50.4 Å². The summed E-state index contributed by atoms with van der Waals surface area (Å²) in [5.41, 5.74) is 9.13. The van der Waals surface area contributed by atoms with E-state index in [4.69, 9.17) is 5.73 Å². The lowest BCUT2D eigenvalue weighted by molar-refractivity contribution is 0.399. The summed E-state index contributed by atoms with van der Waals surface area (Å²) in [6.07, 6.45) is 8.44.